The SMILES string of the molecule is CCC(C)C(C(=O)N[C@@H](Cc1ccccc1)[C@H](O)CN(CC(C)C)S(=O)(=O)c1ccc(Cl)c(N)c1)N1CCN(Cc2ccnc3ccccc23)C1=O. The van der Waals surface area contributed by atoms with Crippen LogP contribution in [0.3, 0.4) is 0 Å². The average molecular weight is 749 g/mol. The van der Waals surface area contributed by atoms with Gasteiger partial charge in [-0.15, -0.1) is 0 Å². The first-order valence-corrected chi connectivity index (χ1v) is 19.6. The number of aliphatic hydroxyl groups excluding tert-OH is 1. The number of fused-ring (bicyclic) bond motifs is 1. The summed E-state index contributed by atoms with van der Waals surface area (Å²) in [6.07, 6.45) is 1.31. The van der Waals surface area contributed by atoms with Crippen LogP contribution >= 0.6 is 11.6 Å². The molecule has 2 heterocycles. The summed E-state index contributed by atoms with van der Waals surface area (Å²) in [5.74, 6) is -0.672. The minimum Gasteiger partial charge on any atom is -0.397 e. The molecule has 3 aromatic carbocycles. The highest BCUT2D eigenvalue weighted by Crippen LogP contribution is 2.27. The number of rotatable bonds is 16. The normalized spacial score (nSPS) is 16.0. The van der Waals surface area contributed by atoms with E-state index in [0.29, 0.717) is 26.1 Å². The number of benzene rings is 3. The molecule has 4 N–H and O–H groups in total. The minimum atomic E-state index is -4.11. The Hall–Kier alpha value is -4.23. The first-order valence-electron chi connectivity index (χ1n) is 17.8. The molecule has 5 rings (SSSR count). The smallest absolute Gasteiger partial charge is 0.321 e. The first kappa shape index (κ1) is 39.0. The maximum Gasteiger partial charge on any atom is 0.321 e. The van der Waals surface area contributed by atoms with Crippen molar-refractivity contribution < 1.29 is 23.1 Å². The van der Waals surface area contributed by atoms with Crippen LogP contribution < -0.4 is 11.1 Å². The summed E-state index contributed by atoms with van der Waals surface area (Å²) >= 11 is 6.08. The van der Waals surface area contributed by atoms with Crippen molar-refractivity contribution in [1.82, 2.24) is 24.4 Å². The van der Waals surface area contributed by atoms with Gasteiger partial charge in [0.25, 0.3) is 0 Å². The molecule has 52 heavy (non-hydrogen) atoms. The maximum atomic E-state index is 14.4. The van der Waals surface area contributed by atoms with E-state index in [1.807, 2.05) is 88.4 Å². The summed E-state index contributed by atoms with van der Waals surface area (Å²) in [7, 11) is -4.11. The Bertz CT molecular complexity index is 1960. The van der Waals surface area contributed by atoms with Crippen molar-refractivity contribution in [3.05, 3.63) is 101 Å². The predicted molar refractivity (Wildman–Crippen MR) is 205 cm³/mol. The van der Waals surface area contributed by atoms with Crippen molar-refractivity contribution >= 4 is 50.2 Å². The number of nitrogens with zero attached hydrogens (tertiary/aromatic N) is 4. The zero-order chi connectivity index (χ0) is 37.6. The lowest BCUT2D eigenvalue weighted by Gasteiger charge is -2.35. The highest BCUT2D eigenvalue weighted by molar-refractivity contribution is 7.89. The van der Waals surface area contributed by atoms with Crippen LogP contribution in [0, 0.1) is 11.8 Å². The summed E-state index contributed by atoms with van der Waals surface area (Å²) in [6.45, 7) is 8.71. The van der Waals surface area contributed by atoms with Gasteiger partial charge in [0.2, 0.25) is 15.9 Å². The van der Waals surface area contributed by atoms with Crippen molar-refractivity contribution in [2.75, 3.05) is 31.9 Å². The number of nitrogens with one attached hydrogen (secondary N) is 1. The number of nitrogen functional groups attached to an aromatic ring is 1. The standard InChI is InChI=1S/C39H49ClN6O5S/c1-5-27(4)37(46-20-19-44(39(46)49)24-29-17-18-42-34-14-10-9-13-31(29)34)38(48)43-35(21-28-11-7-6-8-12-28)36(47)25-45(23-26(2)3)52(50,51)30-15-16-32(40)33(41)22-30/h6-18,22,26-27,35-37,47H,5,19-21,23-25,41H2,1-4H3,(H,43,48)/t27?,35-,36+,37?/m0/s1. The number of hydrogen-bond donors (Lipinski definition) is 3. The summed E-state index contributed by atoms with van der Waals surface area (Å²) in [5, 5.41) is 16.1. The quantitative estimate of drug-likeness (QED) is 0.127. The molecule has 4 atom stereocenters. The second-order valence-corrected chi connectivity index (χ2v) is 16.3. The van der Waals surface area contributed by atoms with Gasteiger partial charge in [-0.2, -0.15) is 4.31 Å². The predicted octanol–water partition coefficient (Wildman–Crippen LogP) is 5.56. The first-order chi connectivity index (χ1) is 24.8. The highest BCUT2D eigenvalue weighted by atomic mass is 35.5. The zero-order valence-electron chi connectivity index (χ0n) is 30.2. The largest absolute Gasteiger partial charge is 0.397 e. The van der Waals surface area contributed by atoms with E-state index in [1.54, 1.807) is 16.0 Å². The van der Waals surface area contributed by atoms with Gasteiger partial charge < -0.3 is 26.0 Å². The number of anilines is 1. The van der Waals surface area contributed by atoms with E-state index in [1.165, 1.54) is 22.5 Å². The number of aliphatic hydroxyl groups is 1. The van der Waals surface area contributed by atoms with Gasteiger partial charge in [-0.05, 0) is 59.7 Å². The third-order valence-corrected chi connectivity index (χ3v) is 11.8. The molecule has 1 fully saturated rings. The van der Waals surface area contributed by atoms with Crippen LogP contribution in [0.2, 0.25) is 5.02 Å². The van der Waals surface area contributed by atoms with E-state index >= 15 is 0 Å². The fraction of sp³-hybridized carbons (Fsp3) is 0.410. The van der Waals surface area contributed by atoms with Crippen LogP contribution in [0.1, 0.15) is 45.2 Å². The number of nitrogens with two attached hydrogens (primary N) is 1. The van der Waals surface area contributed by atoms with E-state index in [-0.39, 0.29) is 53.0 Å². The molecule has 13 heteroatoms. The second-order valence-electron chi connectivity index (χ2n) is 14.0. The summed E-state index contributed by atoms with van der Waals surface area (Å²) in [5.41, 5.74) is 8.75. The second kappa shape index (κ2) is 17.1. The number of carbonyl (C=O) groups is 2. The Kier molecular flexibility index (Phi) is 12.8. The van der Waals surface area contributed by atoms with E-state index < -0.39 is 34.1 Å². The van der Waals surface area contributed by atoms with Gasteiger partial charge in [0.05, 0.1) is 33.3 Å². The number of urea groups is 1. The summed E-state index contributed by atoms with van der Waals surface area (Å²) < 4.78 is 29.1. The Morgan fingerprint density at radius 3 is 2.42 bits per heavy atom. The molecular weight excluding hydrogens is 700 g/mol. The summed E-state index contributed by atoms with van der Waals surface area (Å²) in [4.78, 5) is 36.1. The van der Waals surface area contributed by atoms with Gasteiger partial charge in [0.15, 0.2) is 0 Å². The Labute approximate surface area is 311 Å². The Balaban J connectivity index is 1.39. The molecule has 0 bridgehead atoms. The highest BCUT2D eigenvalue weighted by Gasteiger charge is 2.41. The van der Waals surface area contributed by atoms with Crippen molar-refractivity contribution in [2.24, 2.45) is 11.8 Å². The van der Waals surface area contributed by atoms with E-state index in [9.17, 15) is 23.1 Å². The average Bonchev–Trinajstić information content (AvgIpc) is 3.47. The lowest BCUT2D eigenvalue weighted by molar-refractivity contribution is -0.128. The number of sulfonamides is 1. The number of para-hydroxylation sites is 1. The van der Waals surface area contributed by atoms with Crippen molar-refractivity contribution in [1.29, 1.82) is 0 Å². The number of amides is 3. The van der Waals surface area contributed by atoms with Crippen molar-refractivity contribution in [3.8, 4) is 0 Å². The Morgan fingerprint density at radius 2 is 1.73 bits per heavy atom. The fourth-order valence-electron chi connectivity index (χ4n) is 6.70. The minimum absolute atomic E-state index is 0.0420. The molecule has 1 saturated heterocycles. The van der Waals surface area contributed by atoms with Crippen LogP contribution in [0.4, 0.5) is 10.5 Å². The monoisotopic (exact) mass is 748 g/mol. The number of halogens is 1. The number of carbonyl (C=O) groups excluding carboxylic acids is 2. The lowest BCUT2D eigenvalue weighted by atomic mass is 9.95. The zero-order valence-corrected chi connectivity index (χ0v) is 31.7. The van der Waals surface area contributed by atoms with Crippen LogP contribution in [0.25, 0.3) is 10.9 Å². The van der Waals surface area contributed by atoms with Gasteiger partial charge in [-0.3, -0.25) is 9.78 Å². The molecule has 1 aliphatic heterocycles. The van der Waals surface area contributed by atoms with Crippen molar-refractivity contribution in [3.63, 3.8) is 0 Å². The topological polar surface area (TPSA) is 149 Å². The summed E-state index contributed by atoms with van der Waals surface area (Å²) in [6, 6.07) is 21.3. The molecule has 0 saturated carbocycles. The van der Waals surface area contributed by atoms with Crippen LogP contribution in [-0.2, 0) is 27.8 Å². The molecule has 4 aromatic rings. The maximum absolute atomic E-state index is 14.4. The van der Waals surface area contributed by atoms with E-state index in [2.05, 4.69) is 10.3 Å². The number of hydrogen-bond acceptors (Lipinski definition) is 7. The molecule has 1 aromatic heterocycles. The molecule has 2 unspecified atom stereocenters. The molecular formula is C39H49ClN6O5S. The van der Waals surface area contributed by atoms with Gasteiger partial charge in [-0.25, -0.2) is 13.2 Å². The Morgan fingerprint density at radius 1 is 1.02 bits per heavy atom. The van der Waals surface area contributed by atoms with Crippen LogP contribution in [-0.4, -0.2) is 88.9 Å². The molecule has 3 amide bonds. The van der Waals surface area contributed by atoms with Gasteiger partial charge in [0.1, 0.15) is 6.04 Å². The lowest BCUT2D eigenvalue weighted by Crippen LogP contribution is -2.57. The van der Waals surface area contributed by atoms with Gasteiger partial charge >= 0.3 is 6.03 Å². The van der Waals surface area contributed by atoms with Crippen LogP contribution in [0.15, 0.2) is 90.0 Å². The molecule has 0 spiro atoms. The molecule has 11 nitrogen and oxygen atoms in total. The third-order valence-electron chi connectivity index (χ3n) is 9.67. The fourth-order valence-corrected chi connectivity index (χ4v) is 8.47. The molecule has 278 valence electrons. The van der Waals surface area contributed by atoms with E-state index in [4.69, 9.17) is 17.3 Å². The number of pyridine rings is 1. The van der Waals surface area contributed by atoms with Gasteiger partial charge in [0, 0.05) is 44.3 Å². The number of aromatic nitrogens is 1. The van der Waals surface area contributed by atoms with Crippen molar-refractivity contribution in [2.45, 2.75) is 70.2 Å². The molecule has 0 radical (unpaired) electrons. The van der Waals surface area contributed by atoms with Gasteiger partial charge in [-0.1, -0.05) is 94.2 Å². The molecule has 0 aliphatic carbocycles. The third kappa shape index (κ3) is 9.03. The van der Waals surface area contributed by atoms with Crippen LogP contribution in [0.5, 0.6) is 0 Å². The van der Waals surface area contributed by atoms with E-state index in [0.717, 1.165) is 22.0 Å². The molecule has 1 aliphatic rings.